The molecule has 0 bridgehead atoms. The van der Waals surface area contributed by atoms with Crippen LogP contribution in [0.1, 0.15) is 41.1 Å². The standard InChI is InChI=1S/C39H49N3O8/c43-35(34(23-27-6-2-1-3-7-27)40-39(46)50-32-14-18-48-26-32)25-30(38(45)41-37-33-9-5-4-8-29(33)24-36(37)44)22-28-10-12-31(13-11-28)49-21-17-42-15-19-47-20-16-42/h1-13,30,32,34-37,43-44H,14-26H2,(H,40,46)(H,41,45)/t30-,32+,34+,35+,36-,37+/m1/s1. The average molecular weight is 688 g/mol. The van der Waals surface area contributed by atoms with Crippen LogP contribution in [0, 0.1) is 5.92 Å². The summed E-state index contributed by atoms with van der Waals surface area (Å²) in [5.74, 6) is -0.204. The van der Waals surface area contributed by atoms with Crippen LogP contribution in [0.5, 0.6) is 5.75 Å². The second kappa shape index (κ2) is 17.8. The number of hydrogen-bond acceptors (Lipinski definition) is 9. The zero-order valence-corrected chi connectivity index (χ0v) is 28.5. The summed E-state index contributed by atoms with van der Waals surface area (Å²) in [6, 6.07) is 23.7. The number of carbonyl (C=O) groups excluding carboxylic acids is 2. The van der Waals surface area contributed by atoms with E-state index in [0.717, 1.165) is 60.9 Å². The fraction of sp³-hybridized carbons (Fsp3) is 0.487. The molecule has 0 unspecified atom stereocenters. The van der Waals surface area contributed by atoms with Crippen LogP contribution >= 0.6 is 0 Å². The van der Waals surface area contributed by atoms with Crippen LogP contribution in [-0.2, 0) is 38.3 Å². The summed E-state index contributed by atoms with van der Waals surface area (Å²) in [4.78, 5) is 29.4. The van der Waals surface area contributed by atoms with Crippen LogP contribution in [0.25, 0.3) is 0 Å². The van der Waals surface area contributed by atoms with Gasteiger partial charge in [0.25, 0.3) is 0 Å². The van der Waals surface area contributed by atoms with Crippen molar-refractivity contribution < 1.29 is 38.7 Å². The molecule has 2 fully saturated rings. The lowest BCUT2D eigenvalue weighted by atomic mass is 9.88. The number of aliphatic hydroxyl groups excluding tert-OH is 2. The number of aliphatic hydroxyl groups is 2. The first-order valence-electron chi connectivity index (χ1n) is 17.8. The monoisotopic (exact) mass is 687 g/mol. The Kier molecular flexibility index (Phi) is 12.7. The molecule has 3 aromatic carbocycles. The average Bonchev–Trinajstić information content (AvgIpc) is 3.76. The summed E-state index contributed by atoms with van der Waals surface area (Å²) in [6.07, 6.45) is -0.973. The van der Waals surface area contributed by atoms with Crippen LogP contribution < -0.4 is 15.4 Å². The van der Waals surface area contributed by atoms with Gasteiger partial charge in [-0.15, -0.1) is 0 Å². The van der Waals surface area contributed by atoms with Gasteiger partial charge in [-0.1, -0.05) is 66.7 Å². The summed E-state index contributed by atoms with van der Waals surface area (Å²) in [5.41, 5.74) is 3.73. The van der Waals surface area contributed by atoms with Gasteiger partial charge in [0.05, 0.1) is 50.7 Å². The predicted octanol–water partition coefficient (Wildman–Crippen LogP) is 3.21. The molecule has 6 atom stereocenters. The van der Waals surface area contributed by atoms with Gasteiger partial charge in [-0.05, 0) is 53.6 Å². The smallest absolute Gasteiger partial charge is 0.407 e. The topological polar surface area (TPSA) is 139 Å². The highest BCUT2D eigenvalue weighted by molar-refractivity contribution is 5.80. The highest BCUT2D eigenvalue weighted by Gasteiger charge is 2.35. The summed E-state index contributed by atoms with van der Waals surface area (Å²) in [6.45, 7) is 5.55. The van der Waals surface area contributed by atoms with Crippen molar-refractivity contribution >= 4 is 12.0 Å². The first-order valence-corrected chi connectivity index (χ1v) is 17.8. The lowest BCUT2D eigenvalue weighted by Gasteiger charge is -2.29. The number of morpholine rings is 1. The van der Waals surface area contributed by atoms with Crippen LogP contribution in [0.3, 0.4) is 0 Å². The molecule has 4 N–H and O–H groups in total. The number of fused-ring (bicyclic) bond motifs is 1. The van der Waals surface area contributed by atoms with Crippen molar-refractivity contribution in [3.8, 4) is 5.75 Å². The molecular formula is C39H49N3O8. The third kappa shape index (κ3) is 10.0. The molecule has 0 radical (unpaired) electrons. The van der Waals surface area contributed by atoms with E-state index >= 15 is 0 Å². The Hall–Kier alpha value is -4.00. The maximum atomic E-state index is 14.1. The number of hydrogen-bond donors (Lipinski definition) is 4. The number of amides is 2. The van der Waals surface area contributed by atoms with Gasteiger partial charge < -0.3 is 39.8 Å². The van der Waals surface area contributed by atoms with Crippen molar-refractivity contribution in [2.75, 3.05) is 52.7 Å². The highest BCUT2D eigenvalue weighted by atomic mass is 16.6. The molecule has 3 aromatic rings. The number of nitrogens with zero attached hydrogens (tertiary/aromatic N) is 1. The zero-order valence-electron chi connectivity index (χ0n) is 28.5. The summed E-state index contributed by atoms with van der Waals surface area (Å²) in [7, 11) is 0. The molecule has 11 nitrogen and oxygen atoms in total. The van der Waals surface area contributed by atoms with E-state index in [1.807, 2.05) is 78.9 Å². The Labute approximate surface area is 293 Å². The van der Waals surface area contributed by atoms with Crippen molar-refractivity contribution in [3.63, 3.8) is 0 Å². The SMILES string of the molecule is O=C(N[C@@H](Cc1ccccc1)[C@@H](O)C[C@@H](Cc1ccc(OCCN2CCOCC2)cc1)C(=O)N[C@H]1c2ccccc2C[C@H]1O)O[C@H]1CCOC1. The van der Waals surface area contributed by atoms with Crippen molar-refractivity contribution in [1.29, 1.82) is 0 Å². The zero-order chi connectivity index (χ0) is 34.7. The molecule has 6 rings (SSSR count). The number of alkyl carbamates (subject to hydrolysis) is 1. The molecule has 2 aliphatic heterocycles. The third-order valence-corrected chi connectivity index (χ3v) is 9.81. The van der Waals surface area contributed by atoms with Gasteiger partial charge in [-0.25, -0.2) is 4.79 Å². The molecule has 2 saturated heterocycles. The van der Waals surface area contributed by atoms with Crippen LogP contribution in [-0.4, -0.2) is 104 Å². The van der Waals surface area contributed by atoms with Crippen molar-refractivity contribution in [2.24, 2.45) is 5.92 Å². The molecule has 50 heavy (non-hydrogen) atoms. The Balaban J connectivity index is 1.16. The Morgan fingerprint density at radius 2 is 1.64 bits per heavy atom. The van der Waals surface area contributed by atoms with Gasteiger partial charge in [0, 0.05) is 38.4 Å². The van der Waals surface area contributed by atoms with Gasteiger partial charge in [0.1, 0.15) is 18.5 Å². The number of nitrogens with one attached hydrogen (secondary N) is 2. The molecule has 3 aliphatic rings. The van der Waals surface area contributed by atoms with Crippen molar-refractivity contribution in [3.05, 3.63) is 101 Å². The Morgan fingerprint density at radius 3 is 2.40 bits per heavy atom. The Bertz CT molecular complexity index is 1510. The fourth-order valence-corrected chi connectivity index (χ4v) is 6.98. The minimum atomic E-state index is -1.08. The number of ether oxygens (including phenoxy) is 4. The van der Waals surface area contributed by atoms with Gasteiger partial charge in [-0.2, -0.15) is 0 Å². The molecule has 268 valence electrons. The maximum absolute atomic E-state index is 14.1. The first kappa shape index (κ1) is 35.8. The fourth-order valence-electron chi connectivity index (χ4n) is 6.98. The summed E-state index contributed by atoms with van der Waals surface area (Å²) >= 11 is 0. The van der Waals surface area contributed by atoms with E-state index in [4.69, 9.17) is 18.9 Å². The molecule has 2 heterocycles. The molecule has 0 spiro atoms. The quantitative estimate of drug-likeness (QED) is 0.190. The van der Waals surface area contributed by atoms with Gasteiger partial charge in [0.15, 0.2) is 0 Å². The normalized spacial score (nSPS) is 22.2. The number of rotatable bonds is 15. The van der Waals surface area contributed by atoms with E-state index < -0.39 is 36.3 Å². The molecule has 11 heteroatoms. The van der Waals surface area contributed by atoms with Gasteiger partial charge >= 0.3 is 6.09 Å². The summed E-state index contributed by atoms with van der Waals surface area (Å²) in [5, 5.41) is 28.6. The van der Waals surface area contributed by atoms with Crippen molar-refractivity contribution in [1.82, 2.24) is 15.5 Å². The minimum absolute atomic E-state index is 0.0679. The van der Waals surface area contributed by atoms with Crippen LogP contribution in [0.15, 0.2) is 78.9 Å². The lowest BCUT2D eigenvalue weighted by molar-refractivity contribution is -0.127. The largest absolute Gasteiger partial charge is 0.492 e. The van der Waals surface area contributed by atoms with E-state index in [2.05, 4.69) is 15.5 Å². The van der Waals surface area contributed by atoms with E-state index in [1.165, 1.54) is 0 Å². The van der Waals surface area contributed by atoms with Crippen LogP contribution in [0.4, 0.5) is 4.79 Å². The van der Waals surface area contributed by atoms with E-state index in [9.17, 15) is 19.8 Å². The van der Waals surface area contributed by atoms with Crippen LogP contribution in [0.2, 0.25) is 0 Å². The highest BCUT2D eigenvalue weighted by Crippen LogP contribution is 2.32. The summed E-state index contributed by atoms with van der Waals surface area (Å²) < 4.78 is 22.3. The number of carbonyl (C=O) groups is 2. The van der Waals surface area contributed by atoms with Crippen molar-refractivity contribution in [2.45, 2.75) is 62.5 Å². The third-order valence-electron chi connectivity index (χ3n) is 9.81. The second-order valence-corrected chi connectivity index (χ2v) is 13.4. The maximum Gasteiger partial charge on any atom is 0.407 e. The molecule has 0 saturated carbocycles. The minimum Gasteiger partial charge on any atom is -0.492 e. The van der Waals surface area contributed by atoms with Gasteiger partial charge in [0.2, 0.25) is 5.91 Å². The van der Waals surface area contributed by atoms with E-state index in [1.54, 1.807) is 0 Å². The molecule has 2 amide bonds. The second-order valence-electron chi connectivity index (χ2n) is 13.4. The van der Waals surface area contributed by atoms with E-state index in [0.29, 0.717) is 45.5 Å². The molecular weight excluding hydrogens is 638 g/mol. The lowest BCUT2D eigenvalue weighted by Crippen LogP contribution is -2.48. The molecule has 1 aliphatic carbocycles. The predicted molar refractivity (Wildman–Crippen MR) is 187 cm³/mol. The van der Waals surface area contributed by atoms with E-state index in [-0.39, 0.29) is 18.4 Å². The Morgan fingerprint density at radius 1 is 0.900 bits per heavy atom. The molecule has 0 aromatic heterocycles. The van der Waals surface area contributed by atoms with Gasteiger partial charge in [-0.3, -0.25) is 9.69 Å². The first-order chi connectivity index (χ1) is 24.4. The number of benzene rings is 3.